The number of nitrogens with zero attached hydrogens (tertiary/aromatic N) is 3. The zero-order chi connectivity index (χ0) is 20.8. The second-order valence-corrected chi connectivity index (χ2v) is 7.87. The number of methoxy groups -OCH3 is 2. The number of ether oxygens (including phenoxy) is 2. The third kappa shape index (κ3) is 5.10. The van der Waals surface area contributed by atoms with Crippen LogP contribution in [0.1, 0.15) is 12.5 Å². The largest absolute Gasteiger partial charge is 0.481 e. The lowest BCUT2D eigenvalue weighted by Gasteiger charge is -2.14. The van der Waals surface area contributed by atoms with Gasteiger partial charge < -0.3 is 14.8 Å². The summed E-state index contributed by atoms with van der Waals surface area (Å²) in [6.45, 7) is 2.42. The molecular weight excluding hydrogens is 456 g/mol. The summed E-state index contributed by atoms with van der Waals surface area (Å²) in [5.74, 6) is 2.00. The van der Waals surface area contributed by atoms with Gasteiger partial charge in [-0.1, -0.05) is 15.9 Å². The fourth-order valence-electron chi connectivity index (χ4n) is 2.64. The number of aromatic nitrogens is 3. The molecule has 1 N–H and O–H groups in total. The van der Waals surface area contributed by atoms with Gasteiger partial charge in [0.1, 0.15) is 0 Å². The van der Waals surface area contributed by atoms with E-state index in [2.05, 4.69) is 31.2 Å². The quantitative estimate of drug-likeness (QED) is 0.480. The molecular formula is C20H21BrN4O3S. The average molecular weight is 477 g/mol. The van der Waals surface area contributed by atoms with Crippen LogP contribution < -0.4 is 20.3 Å². The van der Waals surface area contributed by atoms with Gasteiger partial charge in [0, 0.05) is 34.1 Å². The van der Waals surface area contributed by atoms with Crippen molar-refractivity contribution in [2.24, 2.45) is 0 Å². The van der Waals surface area contributed by atoms with Crippen LogP contribution in [0.5, 0.6) is 11.8 Å². The van der Waals surface area contributed by atoms with Gasteiger partial charge in [-0.25, -0.2) is 4.98 Å². The zero-order valence-corrected chi connectivity index (χ0v) is 18.7. The average Bonchev–Trinajstić information content (AvgIpc) is 2.75. The lowest BCUT2D eigenvalue weighted by Crippen LogP contribution is -2.24. The van der Waals surface area contributed by atoms with Crippen molar-refractivity contribution in [3.8, 4) is 11.8 Å². The summed E-state index contributed by atoms with van der Waals surface area (Å²) in [5, 5.41) is 3.20. The van der Waals surface area contributed by atoms with Gasteiger partial charge in [0.25, 0.3) is 5.56 Å². The molecule has 9 heteroatoms. The maximum atomic E-state index is 12.9. The summed E-state index contributed by atoms with van der Waals surface area (Å²) < 4.78 is 13.1. The minimum absolute atomic E-state index is 0.0902. The van der Waals surface area contributed by atoms with Crippen LogP contribution in [0.2, 0.25) is 0 Å². The second kappa shape index (κ2) is 9.80. The van der Waals surface area contributed by atoms with Crippen LogP contribution in [-0.2, 0) is 12.3 Å². The van der Waals surface area contributed by atoms with E-state index in [0.29, 0.717) is 34.9 Å². The number of anilines is 2. The molecule has 0 saturated heterocycles. The molecule has 0 atom stereocenters. The van der Waals surface area contributed by atoms with Gasteiger partial charge in [-0.05, 0) is 37.3 Å². The Hall–Kier alpha value is -2.52. The van der Waals surface area contributed by atoms with Crippen LogP contribution in [0.15, 0.2) is 56.8 Å². The molecule has 0 aliphatic heterocycles. The molecule has 2 heterocycles. The number of thioether (sulfide) groups is 1. The number of pyridine rings is 1. The van der Waals surface area contributed by atoms with Crippen LogP contribution >= 0.6 is 27.7 Å². The van der Waals surface area contributed by atoms with Crippen molar-refractivity contribution in [1.29, 1.82) is 0 Å². The molecule has 2 aromatic heterocycles. The number of halogens is 1. The topological polar surface area (TPSA) is 78.3 Å². The molecule has 0 unspecified atom stereocenters. The van der Waals surface area contributed by atoms with Crippen LogP contribution in [0.25, 0.3) is 0 Å². The molecule has 1 aromatic carbocycles. The fraction of sp³-hybridized carbons (Fsp3) is 0.250. The summed E-state index contributed by atoms with van der Waals surface area (Å²) in [7, 11) is 3.11. The summed E-state index contributed by atoms with van der Waals surface area (Å²) in [5.41, 5.74) is 1.64. The van der Waals surface area contributed by atoms with Gasteiger partial charge in [0.15, 0.2) is 0 Å². The highest BCUT2D eigenvalue weighted by Gasteiger charge is 2.13. The van der Waals surface area contributed by atoms with Crippen molar-refractivity contribution in [2.45, 2.75) is 24.1 Å². The van der Waals surface area contributed by atoms with E-state index in [9.17, 15) is 4.79 Å². The number of rotatable bonds is 8. The highest BCUT2D eigenvalue weighted by molar-refractivity contribution is 9.10. The van der Waals surface area contributed by atoms with Crippen LogP contribution in [0, 0.1) is 0 Å². The first-order valence-electron chi connectivity index (χ1n) is 8.88. The monoisotopic (exact) mass is 476 g/mol. The molecule has 0 saturated carbocycles. The standard InChI is InChI=1S/C20H21BrN4O3S/c1-4-25-19(26)16(11-22-20(25)23-15-8-6-14(21)7-9-15)29-12-13-5-10-17(27-2)24-18(13)28-3/h5-11H,4,12H2,1-3H3,(H,22,23). The van der Waals surface area contributed by atoms with Crippen LogP contribution in [0.3, 0.4) is 0 Å². The molecule has 0 amide bonds. The minimum Gasteiger partial charge on any atom is -0.481 e. The molecule has 29 heavy (non-hydrogen) atoms. The summed E-state index contributed by atoms with van der Waals surface area (Å²) in [6, 6.07) is 11.3. The van der Waals surface area contributed by atoms with Crippen molar-refractivity contribution in [3.05, 3.63) is 63.0 Å². The molecule has 3 aromatic rings. The molecule has 0 fully saturated rings. The number of hydrogen-bond donors (Lipinski definition) is 1. The van der Waals surface area contributed by atoms with Crippen molar-refractivity contribution in [2.75, 3.05) is 19.5 Å². The zero-order valence-electron chi connectivity index (χ0n) is 16.3. The highest BCUT2D eigenvalue weighted by Crippen LogP contribution is 2.27. The van der Waals surface area contributed by atoms with Gasteiger partial charge in [-0.3, -0.25) is 9.36 Å². The van der Waals surface area contributed by atoms with Crippen molar-refractivity contribution >= 4 is 39.3 Å². The maximum Gasteiger partial charge on any atom is 0.268 e. The lowest BCUT2D eigenvalue weighted by molar-refractivity contribution is 0.362. The molecule has 0 radical (unpaired) electrons. The molecule has 7 nitrogen and oxygen atoms in total. The highest BCUT2D eigenvalue weighted by atomic mass is 79.9. The normalized spacial score (nSPS) is 10.6. The SMILES string of the molecule is CCn1c(Nc2ccc(Br)cc2)ncc(SCc2ccc(OC)nc2OC)c1=O. The van der Waals surface area contributed by atoms with E-state index in [4.69, 9.17) is 9.47 Å². The van der Waals surface area contributed by atoms with Gasteiger partial charge in [0.05, 0.1) is 25.3 Å². The minimum atomic E-state index is -0.0902. The predicted octanol–water partition coefficient (Wildman–Crippen LogP) is 4.47. The Morgan fingerprint density at radius 3 is 2.55 bits per heavy atom. The van der Waals surface area contributed by atoms with Gasteiger partial charge in [-0.15, -0.1) is 11.8 Å². The van der Waals surface area contributed by atoms with Crippen molar-refractivity contribution < 1.29 is 9.47 Å². The van der Waals surface area contributed by atoms with Crippen molar-refractivity contribution in [3.63, 3.8) is 0 Å². The second-order valence-electron chi connectivity index (χ2n) is 5.94. The molecule has 3 rings (SSSR count). The molecule has 152 valence electrons. The Morgan fingerprint density at radius 2 is 1.90 bits per heavy atom. The summed E-state index contributed by atoms with van der Waals surface area (Å²) in [4.78, 5) is 22.2. The summed E-state index contributed by atoms with van der Waals surface area (Å²) >= 11 is 4.81. The van der Waals surface area contributed by atoms with E-state index in [1.165, 1.54) is 11.8 Å². The Kier molecular flexibility index (Phi) is 7.16. The van der Waals surface area contributed by atoms with E-state index in [1.807, 2.05) is 37.3 Å². The van der Waals surface area contributed by atoms with Crippen molar-refractivity contribution in [1.82, 2.24) is 14.5 Å². The van der Waals surface area contributed by atoms with E-state index >= 15 is 0 Å². The van der Waals surface area contributed by atoms with Crippen LogP contribution in [-0.4, -0.2) is 28.8 Å². The first kappa shape index (κ1) is 21.2. The third-order valence-electron chi connectivity index (χ3n) is 4.13. The van der Waals surface area contributed by atoms with E-state index in [1.54, 1.807) is 31.0 Å². The Morgan fingerprint density at radius 1 is 1.14 bits per heavy atom. The predicted molar refractivity (Wildman–Crippen MR) is 118 cm³/mol. The van der Waals surface area contributed by atoms with E-state index < -0.39 is 0 Å². The molecule has 0 aliphatic carbocycles. The molecule has 0 aliphatic rings. The number of benzene rings is 1. The first-order chi connectivity index (χ1) is 14.0. The van der Waals surface area contributed by atoms with Gasteiger partial charge in [0.2, 0.25) is 17.7 Å². The summed E-state index contributed by atoms with van der Waals surface area (Å²) in [6.07, 6.45) is 1.60. The molecule has 0 bridgehead atoms. The van der Waals surface area contributed by atoms with Gasteiger partial charge >= 0.3 is 0 Å². The van der Waals surface area contributed by atoms with E-state index in [0.717, 1.165) is 15.7 Å². The number of hydrogen-bond acceptors (Lipinski definition) is 7. The smallest absolute Gasteiger partial charge is 0.268 e. The van der Waals surface area contributed by atoms with Gasteiger partial charge in [-0.2, -0.15) is 4.98 Å². The third-order valence-corrected chi connectivity index (χ3v) is 5.71. The fourth-order valence-corrected chi connectivity index (χ4v) is 3.79. The van der Waals surface area contributed by atoms with E-state index in [-0.39, 0.29) is 5.56 Å². The Labute approximate surface area is 181 Å². The lowest BCUT2D eigenvalue weighted by atomic mass is 10.3. The Balaban J connectivity index is 1.80. The first-order valence-corrected chi connectivity index (χ1v) is 10.7. The van der Waals surface area contributed by atoms with Crippen LogP contribution in [0.4, 0.5) is 11.6 Å². The molecule has 0 spiro atoms. The Bertz CT molecular complexity index is 1040. The maximum absolute atomic E-state index is 12.9. The number of nitrogens with one attached hydrogen (secondary N) is 1.